The van der Waals surface area contributed by atoms with Gasteiger partial charge >= 0.3 is 11.9 Å². The fraction of sp³-hybridized carbons (Fsp3) is 0.957. The van der Waals surface area contributed by atoms with Gasteiger partial charge in [-0.25, -0.2) is 0 Å². The molecule has 0 radical (unpaired) electrons. The van der Waals surface area contributed by atoms with E-state index in [0.29, 0.717) is 25.6 Å². The lowest BCUT2D eigenvalue weighted by Crippen LogP contribution is -2.29. The van der Waals surface area contributed by atoms with Crippen LogP contribution in [0.2, 0.25) is 0 Å². The Balaban J connectivity index is 4.16. The van der Waals surface area contributed by atoms with Gasteiger partial charge < -0.3 is 19.5 Å². The van der Waals surface area contributed by atoms with Crippen molar-refractivity contribution in [3.63, 3.8) is 0 Å². The first kappa shape index (κ1) is 51.9. The van der Waals surface area contributed by atoms with E-state index in [4.69, 9.17) is 9.47 Å². The largest absolute Gasteiger partial charge is 0.465 e. The summed E-state index contributed by atoms with van der Waals surface area (Å²) in [5.41, 5.74) is -0.415. The molecule has 0 rings (SSSR count). The van der Waals surface area contributed by atoms with Gasteiger partial charge in [0.2, 0.25) is 0 Å². The van der Waals surface area contributed by atoms with Crippen molar-refractivity contribution in [2.24, 2.45) is 16.7 Å². The number of hydrogen-bond acceptors (Lipinski definition) is 6. The van der Waals surface area contributed by atoms with E-state index in [0.717, 1.165) is 96.7 Å². The summed E-state index contributed by atoms with van der Waals surface area (Å²) < 4.78 is 11.5. The first-order valence-electron chi connectivity index (χ1n) is 23.2. The van der Waals surface area contributed by atoms with Gasteiger partial charge in [-0.1, -0.05) is 176 Å². The van der Waals surface area contributed by atoms with Gasteiger partial charge in [0.15, 0.2) is 0 Å². The fourth-order valence-electron chi connectivity index (χ4n) is 7.44. The molecule has 0 spiro atoms. The van der Waals surface area contributed by atoms with Crippen molar-refractivity contribution in [3.8, 4) is 0 Å². The van der Waals surface area contributed by atoms with Crippen molar-refractivity contribution in [2.75, 3.05) is 39.5 Å². The molecule has 0 aliphatic carbocycles. The second kappa shape index (κ2) is 35.3. The van der Waals surface area contributed by atoms with Crippen LogP contribution in [0.3, 0.4) is 0 Å². The van der Waals surface area contributed by atoms with Crippen molar-refractivity contribution in [2.45, 2.75) is 235 Å². The van der Waals surface area contributed by atoms with Crippen molar-refractivity contribution in [1.82, 2.24) is 4.90 Å². The summed E-state index contributed by atoms with van der Waals surface area (Å²) in [4.78, 5) is 27.8. The van der Waals surface area contributed by atoms with Gasteiger partial charge in [0.1, 0.15) is 0 Å². The van der Waals surface area contributed by atoms with Crippen LogP contribution >= 0.6 is 0 Å². The molecule has 6 nitrogen and oxygen atoms in total. The smallest absolute Gasteiger partial charge is 0.311 e. The highest BCUT2D eigenvalue weighted by Gasteiger charge is 2.28. The maximum absolute atomic E-state index is 12.7. The van der Waals surface area contributed by atoms with Gasteiger partial charge in [-0.15, -0.1) is 0 Å². The van der Waals surface area contributed by atoms with E-state index in [1.807, 2.05) is 13.8 Å². The number of nitrogens with zero attached hydrogens (tertiary/aromatic N) is 1. The second-order valence-electron chi connectivity index (χ2n) is 18.0. The van der Waals surface area contributed by atoms with Crippen LogP contribution < -0.4 is 0 Å². The average molecular weight is 752 g/mol. The summed E-state index contributed by atoms with van der Waals surface area (Å²) in [7, 11) is 0. The van der Waals surface area contributed by atoms with E-state index >= 15 is 0 Å². The molecule has 53 heavy (non-hydrogen) atoms. The number of unbranched alkanes of at least 4 members (excludes halogenated alkanes) is 18. The molecule has 0 heterocycles. The van der Waals surface area contributed by atoms with Crippen LogP contribution in [0.1, 0.15) is 235 Å². The Bertz CT molecular complexity index is 816. The highest BCUT2D eigenvalue weighted by molar-refractivity contribution is 5.75. The number of aliphatic hydroxyl groups excluding tert-OH is 1. The number of aliphatic hydroxyl groups is 1. The maximum Gasteiger partial charge on any atom is 0.311 e. The van der Waals surface area contributed by atoms with E-state index in [2.05, 4.69) is 39.5 Å². The molecule has 1 N–H and O–H groups in total. The minimum atomic E-state index is -0.413. The zero-order chi connectivity index (χ0) is 39.5. The van der Waals surface area contributed by atoms with Gasteiger partial charge in [-0.3, -0.25) is 9.59 Å². The molecule has 0 aromatic rings. The SMILES string of the molecule is CCCCCCCCCCOC(=O)C(C)(C)CCCCCCN(CCO)CCCCCC(C)(C)COC(=O)CCC(CCCCCC)CCCCCC. The molecule has 6 heteroatoms. The molecule has 0 bridgehead atoms. The Morgan fingerprint density at radius 1 is 0.547 bits per heavy atom. The molecule has 0 aliphatic rings. The maximum atomic E-state index is 12.7. The minimum Gasteiger partial charge on any atom is -0.465 e. The number of rotatable bonds is 40. The molecule has 0 saturated heterocycles. The topological polar surface area (TPSA) is 76.1 Å². The molecule has 316 valence electrons. The lowest BCUT2D eigenvalue weighted by Gasteiger charge is -2.25. The molecule has 0 aromatic heterocycles. The van der Waals surface area contributed by atoms with Crippen LogP contribution in [-0.4, -0.2) is 61.4 Å². The molecular formula is C47H93NO5. The molecule has 0 fully saturated rings. The monoisotopic (exact) mass is 752 g/mol. The third kappa shape index (κ3) is 32.8. The molecule has 0 saturated carbocycles. The average Bonchev–Trinajstić information content (AvgIpc) is 3.13. The Morgan fingerprint density at radius 2 is 1.02 bits per heavy atom. The molecular weight excluding hydrogens is 659 g/mol. The molecule has 0 aromatic carbocycles. The van der Waals surface area contributed by atoms with Crippen LogP contribution in [0, 0.1) is 16.7 Å². The van der Waals surface area contributed by atoms with E-state index in [9.17, 15) is 14.7 Å². The van der Waals surface area contributed by atoms with Gasteiger partial charge in [0, 0.05) is 13.0 Å². The Labute approximate surface area is 331 Å². The summed E-state index contributed by atoms with van der Waals surface area (Å²) in [6.07, 6.45) is 34.3. The third-order valence-corrected chi connectivity index (χ3v) is 11.4. The lowest BCUT2D eigenvalue weighted by molar-refractivity contribution is -0.154. The predicted molar refractivity (Wildman–Crippen MR) is 227 cm³/mol. The number of hydrogen-bond donors (Lipinski definition) is 1. The Morgan fingerprint density at radius 3 is 1.58 bits per heavy atom. The molecule has 0 unspecified atom stereocenters. The van der Waals surface area contributed by atoms with Crippen molar-refractivity contribution in [3.05, 3.63) is 0 Å². The molecule has 0 atom stereocenters. The first-order chi connectivity index (χ1) is 25.5. The number of carbonyl (C=O) groups excluding carboxylic acids is 2. The second-order valence-corrected chi connectivity index (χ2v) is 18.0. The van der Waals surface area contributed by atoms with Gasteiger partial charge in [0.05, 0.1) is 25.2 Å². The van der Waals surface area contributed by atoms with E-state index < -0.39 is 5.41 Å². The molecule has 0 amide bonds. The van der Waals surface area contributed by atoms with Crippen molar-refractivity contribution >= 4 is 11.9 Å². The quantitative estimate of drug-likeness (QED) is 0.0496. The standard InChI is InChI=1S/C47H93NO5/c1-8-11-14-17-18-19-22-30-41-52-45(51)47(6,7)36-27-20-21-28-37-48(39-40-49)38-29-23-26-35-46(4,5)42-53-44(50)34-33-43(31-24-15-12-9-2)32-25-16-13-10-3/h43,49H,8-42H2,1-7H3. The summed E-state index contributed by atoms with van der Waals surface area (Å²) >= 11 is 0. The number of carbonyl (C=O) groups is 2. The Kier molecular flexibility index (Phi) is 34.5. The fourth-order valence-corrected chi connectivity index (χ4v) is 7.44. The van der Waals surface area contributed by atoms with Gasteiger partial charge in [-0.05, 0) is 76.8 Å². The highest BCUT2D eigenvalue weighted by Crippen LogP contribution is 2.28. The van der Waals surface area contributed by atoms with Crippen LogP contribution in [0.15, 0.2) is 0 Å². The normalized spacial score (nSPS) is 12.3. The predicted octanol–water partition coefficient (Wildman–Crippen LogP) is 13.4. The van der Waals surface area contributed by atoms with Crippen molar-refractivity contribution < 1.29 is 24.2 Å². The zero-order valence-electron chi connectivity index (χ0n) is 36.9. The van der Waals surface area contributed by atoms with Crippen LogP contribution in [0.25, 0.3) is 0 Å². The zero-order valence-corrected chi connectivity index (χ0v) is 36.9. The minimum absolute atomic E-state index is 0.00129. The van der Waals surface area contributed by atoms with Gasteiger partial charge in [0.25, 0.3) is 0 Å². The first-order valence-corrected chi connectivity index (χ1v) is 23.2. The van der Waals surface area contributed by atoms with Crippen molar-refractivity contribution in [1.29, 1.82) is 0 Å². The summed E-state index contributed by atoms with van der Waals surface area (Å²) in [6.45, 7) is 19.3. The van der Waals surface area contributed by atoms with Crippen LogP contribution in [0.5, 0.6) is 0 Å². The summed E-state index contributed by atoms with van der Waals surface area (Å²) in [6, 6.07) is 0. The third-order valence-electron chi connectivity index (χ3n) is 11.4. The van der Waals surface area contributed by atoms with Crippen LogP contribution in [-0.2, 0) is 19.1 Å². The number of ether oxygens (including phenoxy) is 2. The molecule has 0 aliphatic heterocycles. The Hall–Kier alpha value is -1.14. The number of esters is 2. The lowest BCUT2D eigenvalue weighted by atomic mass is 9.87. The van der Waals surface area contributed by atoms with E-state index in [-0.39, 0.29) is 24.0 Å². The van der Waals surface area contributed by atoms with E-state index in [1.54, 1.807) is 0 Å². The summed E-state index contributed by atoms with van der Waals surface area (Å²) in [5.74, 6) is 0.609. The van der Waals surface area contributed by atoms with Gasteiger partial charge in [-0.2, -0.15) is 0 Å². The van der Waals surface area contributed by atoms with Crippen LogP contribution in [0.4, 0.5) is 0 Å². The highest BCUT2D eigenvalue weighted by atomic mass is 16.5. The van der Waals surface area contributed by atoms with E-state index in [1.165, 1.54) is 103 Å². The summed E-state index contributed by atoms with van der Waals surface area (Å²) in [5, 5.41) is 9.63.